The number of hydrogen-bond acceptors (Lipinski definition) is 3. The van der Waals surface area contributed by atoms with Crippen molar-refractivity contribution in [1.29, 1.82) is 0 Å². The van der Waals surface area contributed by atoms with Crippen LogP contribution in [0.15, 0.2) is 23.2 Å². The third-order valence-electron chi connectivity index (χ3n) is 2.55. The molecule has 0 fully saturated rings. The second-order valence-corrected chi connectivity index (χ2v) is 4.99. The van der Waals surface area contributed by atoms with Crippen LogP contribution in [-0.2, 0) is 9.53 Å². The molecule has 5 heteroatoms. The predicted molar refractivity (Wildman–Crippen MR) is 69.2 cm³/mol. The fourth-order valence-corrected chi connectivity index (χ4v) is 2.63. The Morgan fingerprint density at radius 2 is 2.35 bits per heavy atom. The zero-order valence-corrected chi connectivity index (χ0v) is 11.5. The van der Waals surface area contributed by atoms with Gasteiger partial charge in [-0.2, -0.15) is 0 Å². The molecule has 1 heterocycles. The van der Waals surface area contributed by atoms with E-state index in [1.807, 2.05) is 0 Å². The molecule has 3 nitrogen and oxygen atoms in total. The average Bonchev–Trinajstić information content (AvgIpc) is 2.29. The number of halogens is 2. The molecule has 90 valence electrons. The number of ether oxygens (including phenoxy) is 2. The van der Waals surface area contributed by atoms with Crippen LogP contribution in [-0.4, -0.2) is 19.2 Å². The van der Waals surface area contributed by atoms with Gasteiger partial charge in [0.2, 0.25) is 0 Å². The Hall–Kier alpha value is -1.00. The minimum Gasteiger partial charge on any atom is -0.477 e. The van der Waals surface area contributed by atoms with E-state index in [2.05, 4.69) is 27.2 Å². The van der Waals surface area contributed by atoms with Crippen molar-refractivity contribution in [1.82, 2.24) is 0 Å². The van der Waals surface area contributed by atoms with Gasteiger partial charge in [-0.3, -0.25) is 0 Å². The molecule has 0 N–H and O–H groups in total. The van der Waals surface area contributed by atoms with Crippen LogP contribution in [0.2, 0.25) is 5.02 Å². The maximum atomic E-state index is 11.5. The topological polar surface area (TPSA) is 35.5 Å². The Labute approximate surface area is 112 Å². The van der Waals surface area contributed by atoms with Crippen molar-refractivity contribution in [3.05, 3.63) is 33.8 Å². The van der Waals surface area contributed by atoms with Gasteiger partial charge in [0.15, 0.2) is 6.10 Å². The predicted octanol–water partition coefficient (Wildman–Crippen LogP) is 3.44. The van der Waals surface area contributed by atoms with Crippen molar-refractivity contribution < 1.29 is 14.3 Å². The average molecular weight is 318 g/mol. The number of fused-ring (bicyclic) bond motifs is 1. The lowest BCUT2D eigenvalue weighted by Crippen LogP contribution is -2.31. The Morgan fingerprint density at radius 3 is 3.00 bits per heavy atom. The van der Waals surface area contributed by atoms with E-state index in [4.69, 9.17) is 16.3 Å². The van der Waals surface area contributed by atoms with Crippen LogP contribution >= 0.6 is 27.5 Å². The molecule has 1 aromatic rings. The molecule has 0 saturated heterocycles. The lowest BCUT2D eigenvalue weighted by atomic mass is 9.97. The first-order valence-corrected chi connectivity index (χ1v) is 6.11. The van der Waals surface area contributed by atoms with Crippen molar-refractivity contribution in [2.45, 2.75) is 12.5 Å². The van der Waals surface area contributed by atoms with E-state index in [1.54, 1.807) is 12.1 Å². The molecule has 1 aliphatic heterocycles. The van der Waals surface area contributed by atoms with Gasteiger partial charge in [-0.05, 0) is 33.6 Å². The number of carbonyl (C=O) groups is 1. The summed E-state index contributed by atoms with van der Waals surface area (Å²) in [5.41, 5.74) is 1.63. The molecule has 0 radical (unpaired) electrons. The third-order valence-corrected chi connectivity index (χ3v) is 3.35. The molecule has 1 aromatic carbocycles. The summed E-state index contributed by atoms with van der Waals surface area (Å²) in [5, 5.41) is 0.594. The summed E-state index contributed by atoms with van der Waals surface area (Å²) >= 11 is 9.31. The van der Waals surface area contributed by atoms with E-state index >= 15 is 0 Å². The number of benzene rings is 1. The lowest BCUT2D eigenvalue weighted by molar-refractivity contribution is -0.148. The van der Waals surface area contributed by atoms with E-state index in [1.165, 1.54) is 7.11 Å². The van der Waals surface area contributed by atoms with E-state index in [0.29, 0.717) is 21.7 Å². The smallest absolute Gasteiger partial charge is 0.347 e. The molecule has 1 aliphatic rings. The third kappa shape index (κ3) is 2.33. The van der Waals surface area contributed by atoms with Gasteiger partial charge in [-0.25, -0.2) is 4.79 Å². The van der Waals surface area contributed by atoms with Gasteiger partial charge in [0.1, 0.15) is 5.75 Å². The number of carbonyl (C=O) groups excluding carboxylic acids is 1. The normalized spacial score (nSPS) is 18.3. The van der Waals surface area contributed by atoms with Crippen LogP contribution in [0.4, 0.5) is 0 Å². The van der Waals surface area contributed by atoms with Gasteiger partial charge in [-0.1, -0.05) is 18.2 Å². The van der Waals surface area contributed by atoms with Crippen LogP contribution in [0.25, 0.3) is 5.57 Å². The van der Waals surface area contributed by atoms with Gasteiger partial charge < -0.3 is 9.47 Å². The fourth-order valence-electron chi connectivity index (χ4n) is 1.72. The molecular weight excluding hydrogens is 307 g/mol. The van der Waals surface area contributed by atoms with Crippen LogP contribution in [0.3, 0.4) is 0 Å². The molecule has 1 atom stereocenters. The second-order valence-electron chi connectivity index (χ2n) is 3.70. The first-order valence-electron chi connectivity index (χ1n) is 4.94. The van der Waals surface area contributed by atoms with Crippen molar-refractivity contribution in [3.8, 4) is 5.75 Å². The first-order chi connectivity index (χ1) is 8.02. The number of rotatable bonds is 1. The minimum atomic E-state index is -0.641. The molecule has 0 spiro atoms. The first kappa shape index (κ1) is 12.5. The molecule has 0 aliphatic carbocycles. The van der Waals surface area contributed by atoms with Crippen LogP contribution < -0.4 is 4.74 Å². The molecule has 17 heavy (non-hydrogen) atoms. The molecule has 0 saturated carbocycles. The molecule has 0 unspecified atom stereocenters. The number of methoxy groups -OCH3 is 1. The Morgan fingerprint density at radius 1 is 1.65 bits per heavy atom. The maximum absolute atomic E-state index is 11.5. The summed E-state index contributed by atoms with van der Waals surface area (Å²) in [6.07, 6.45) is -0.232. The molecule has 0 bridgehead atoms. The summed E-state index contributed by atoms with van der Waals surface area (Å²) in [7, 11) is 1.33. The van der Waals surface area contributed by atoms with Crippen molar-refractivity contribution in [2.75, 3.05) is 7.11 Å². The molecule has 0 aromatic heterocycles. The Balaban J connectivity index is 2.43. The molecular formula is C12H10BrClO3. The van der Waals surface area contributed by atoms with Crippen LogP contribution in [0.5, 0.6) is 5.75 Å². The van der Waals surface area contributed by atoms with Gasteiger partial charge >= 0.3 is 5.97 Å². The van der Waals surface area contributed by atoms with Crippen molar-refractivity contribution >= 4 is 39.1 Å². The van der Waals surface area contributed by atoms with Crippen LogP contribution in [0.1, 0.15) is 12.0 Å². The zero-order chi connectivity index (χ0) is 12.6. The highest BCUT2D eigenvalue weighted by Crippen LogP contribution is 2.41. The highest BCUT2D eigenvalue weighted by atomic mass is 79.9. The fraction of sp³-hybridized carbons (Fsp3) is 0.250. The summed E-state index contributed by atoms with van der Waals surface area (Å²) in [5.74, 6) is 0.180. The number of hydrogen-bond donors (Lipinski definition) is 0. The summed E-state index contributed by atoms with van der Waals surface area (Å²) in [4.78, 5) is 11.5. The van der Waals surface area contributed by atoms with E-state index < -0.39 is 12.1 Å². The zero-order valence-electron chi connectivity index (χ0n) is 9.13. The maximum Gasteiger partial charge on any atom is 0.347 e. The Kier molecular flexibility index (Phi) is 3.45. The summed E-state index contributed by atoms with van der Waals surface area (Å²) in [6, 6.07) is 3.49. The highest BCUT2D eigenvalue weighted by Gasteiger charge is 2.30. The van der Waals surface area contributed by atoms with E-state index in [-0.39, 0.29) is 0 Å². The molecule has 2 rings (SSSR count). The van der Waals surface area contributed by atoms with Crippen LogP contribution in [0, 0.1) is 0 Å². The van der Waals surface area contributed by atoms with E-state index in [9.17, 15) is 4.79 Å². The Bertz CT molecular complexity index is 499. The van der Waals surface area contributed by atoms with Gasteiger partial charge in [0, 0.05) is 17.0 Å². The number of esters is 1. The van der Waals surface area contributed by atoms with E-state index in [0.717, 1.165) is 11.1 Å². The van der Waals surface area contributed by atoms with Gasteiger partial charge in [0.25, 0.3) is 0 Å². The highest BCUT2D eigenvalue weighted by molar-refractivity contribution is 9.10. The lowest BCUT2D eigenvalue weighted by Gasteiger charge is -2.26. The summed E-state index contributed by atoms with van der Waals surface area (Å²) in [6.45, 7) is 3.94. The second kappa shape index (κ2) is 4.70. The minimum absolute atomic E-state index is 0.404. The van der Waals surface area contributed by atoms with Crippen molar-refractivity contribution in [2.24, 2.45) is 0 Å². The largest absolute Gasteiger partial charge is 0.477 e. The molecule has 0 amide bonds. The SMILES string of the molecule is C=C1C[C@H](C(=O)OC)Oc2c(Br)cc(Cl)cc21. The monoisotopic (exact) mass is 316 g/mol. The summed E-state index contributed by atoms with van der Waals surface area (Å²) < 4.78 is 11.0. The van der Waals surface area contributed by atoms with Gasteiger partial charge in [0.05, 0.1) is 11.6 Å². The quantitative estimate of drug-likeness (QED) is 0.744. The van der Waals surface area contributed by atoms with Gasteiger partial charge in [-0.15, -0.1) is 0 Å². The standard InChI is InChI=1S/C12H10BrClO3/c1-6-3-10(12(15)16-2)17-11-8(6)4-7(14)5-9(11)13/h4-5,10H,1,3H2,2H3/t10-/m1/s1. The van der Waals surface area contributed by atoms with Crippen molar-refractivity contribution in [3.63, 3.8) is 0 Å².